The Labute approximate surface area is 105 Å². The molecule has 0 aliphatic carbocycles. The zero-order valence-corrected chi connectivity index (χ0v) is 10.9. The molecular formula is C14H24N2O. The number of nitrogens with two attached hydrogens (primary N) is 1. The predicted molar refractivity (Wildman–Crippen MR) is 72.0 cm³/mol. The Morgan fingerprint density at radius 3 is 2.53 bits per heavy atom. The second-order valence-corrected chi connectivity index (χ2v) is 4.11. The van der Waals surface area contributed by atoms with Gasteiger partial charge in [-0.2, -0.15) is 0 Å². The molecule has 0 spiro atoms. The van der Waals surface area contributed by atoms with E-state index >= 15 is 0 Å². The predicted octanol–water partition coefficient (Wildman–Crippen LogP) is 2.04. The van der Waals surface area contributed by atoms with E-state index in [9.17, 15) is 0 Å². The van der Waals surface area contributed by atoms with Gasteiger partial charge in [-0.25, -0.2) is 0 Å². The molecule has 1 aromatic carbocycles. The molecule has 17 heavy (non-hydrogen) atoms. The molecule has 0 aromatic heterocycles. The van der Waals surface area contributed by atoms with E-state index < -0.39 is 0 Å². The van der Waals surface area contributed by atoms with Crippen LogP contribution in [0.25, 0.3) is 0 Å². The zero-order chi connectivity index (χ0) is 12.5. The second kappa shape index (κ2) is 8.23. The van der Waals surface area contributed by atoms with Crippen LogP contribution in [-0.4, -0.2) is 37.7 Å². The molecule has 0 radical (unpaired) electrons. The maximum absolute atomic E-state index is 6.19. The van der Waals surface area contributed by atoms with Crippen molar-refractivity contribution in [1.82, 2.24) is 4.90 Å². The lowest BCUT2D eigenvalue weighted by Gasteiger charge is -2.24. The molecule has 0 aliphatic rings. The summed E-state index contributed by atoms with van der Waals surface area (Å²) in [7, 11) is 0. The molecule has 0 aliphatic heterocycles. The van der Waals surface area contributed by atoms with Gasteiger partial charge in [0.1, 0.15) is 0 Å². The quantitative estimate of drug-likeness (QED) is 0.702. The Balaban J connectivity index is 2.39. The lowest BCUT2D eigenvalue weighted by Crippen LogP contribution is -2.34. The van der Waals surface area contributed by atoms with Gasteiger partial charge in [-0.3, -0.25) is 4.90 Å². The van der Waals surface area contributed by atoms with Gasteiger partial charge in [-0.05, 0) is 19.0 Å². The third kappa shape index (κ3) is 5.31. The highest BCUT2D eigenvalue weighted by Crippen LogP contribution is 2.10. The van der Waals surface area contributed by atoms with E-state index in [0.29, 0.717) is 0 Å². The van der Waals surface area contributed by atoms with Gasteiger partial charge in [0.2, 0.25) is 0 Å². The molecule has 2 N–H and O–H groups in total. The van der Waals surface area contributed by atoms with Gasteiger partial charge in [-0.1, -0.05) is 37.3 Å². The molecule has 0 bridgehead atoms. The van der Waals surface area contributed by atoms with Crippen molar-refractivity contribution in [2.45, 2.75) is 19.9 Å². The minimum atomic E-state index is 0.0813. The smallest absolute Gasteiger partial charge is 0.0593 e. The molecule has 96 valence electrons. The topological polar surface area (TPSA) is 38.5 Å². The number of ether oxygens (including phenoxy) is 1. The molecule has 0 fully saturated rings. The molecular weight excluding hydrogens is 212 g/mol. The van der Waals surface area contributed by atoms with E-state index in [-0.39, 0.29) is 6.04 Å². The number of hydrogen-bond donors (Lipinski definition) is 1. The van der Waals surface area contributed by atoms with E-state index in [2.05, 4.69) is 24.0 Å². The summed E-state index contributed by atoms with van der Waals surface area (Å²) in [5, 5.41) is 0. The number of nitrogens with zero attached hydrogens (tertiary/aromatic N) is 1. The monoisotopic (exact) mass is 236 g/mol. The van der Waals surface area contributed by atoms with Gasteiger partial charge >= 0.3 is 0 Å². The standard InChI is InChI=1S/C14H24N2O/c1-3-16(10-11-17-4-2)12-14(15)13-8-6-5-7-9-13/h5-9,14H,3-4,10-12,15H2,1-2H3/t14-/m1/s1. The summed E-state index contributed by atoms with van der Waals surface area (Å²) in [6.45, 7) is 8.58. The SMILES string of the molecule is CCOCCN(CC)C[C@@H](N)c1ccccc1. The Bertz CT molecular complexity index is 290. The van der Waals surface area contributed by atoms with Crippen molar-refractivity contribution in [2.75, 3.05) is 32.8 Å². The maximum Gasteiger partial charge on any atom is 0.0593 e. The van der Waals surface area contributed by atoms with E-state index in [1.54, 1.807) is 0 Å². The molecule has 0 amide bonds. The fraction of sp³-hybridized carbons (Fsp3) is 0.571. The van der Waals surface area contributed by atoms with Gasteiger partial charge in [0.25, 0.3) is 0 Å². The van der Waals surface area contributed by atoms with Gasteiger partial charge in [-0.15, -0.1) is 0 Å². The number of benzene rings is 1. The molecule has 0 unspecified atom stereocenters. The molecule has 0 heterocycles. The number of hydrogen-bond acceptors (Lipinski definition) is 3. The highest BCUT2D eigenvalue weighted by Gasteiger charge is 2.10. The van der Waals surface area contributed by atoms with Crippen molar-refractivity contribution >= 4 is 0 Å². The molecule has 3 nitrogen and oxygen atoms in total. The molecule has 1 aromatic rings. The third-order valence-electron chi connectivity index (χ3n) is 2.89. The maximum atomic E-state index is 6.19. The summed E-state index contributed by atoms with van der Waals surface area (Å²) in [5.41, 5.74) is 7.39. The third-order valence-corrected chi connectivity index (χ3v) is 2.89. The van der Waals surface area contributed by atoms with Crippen molar-refractivity contribution in [3.63, 3.8) is 0 Å². The normalized spacial score (nSPS) is 12.9. The zero-order valence-electron chi connectivity index (χ0n) is 10.9. The van der Waals surface area contributed by atoms with Crippen LogP contribution >= 0.6 is 0 Å². The summed E-state index contributed by atoms with van der Waals surface area (Å²) in [4.78, 5) is 2.33. The lowest BCUT2D eigenvalue weighted by atomic mass is 10.1. The first-order chi connectivity index (χ1) is 8.27. The highest BCUT2D eigenvalue weighted by atomic mass is 16.5. The van der Waals surface area contributed by atoms with Crippen LogP contribution in [-0.2, 0) is 4.74 Å². The van der Waals surface area contributed by atoms with Gasteiger partial charge in [0, 0.05) is 25.7 Å². The van der Waals surface area contributed by atoms with Crippen molar-refractivity contribution in [3.05, 3.63) is 35.9 Å². The summed E-state index contributed by atoms with van der Waals surface area (Å²) >= 11 is 0. The van der Waals surface area contributed by atoms with E-state index in [1.807, 2.05) is 25.1 Å². The largest absolute Gasteiger partial charge is 0.380 e. The Morgan fingerprint density at radius 1 is 1.24 bits per heavy atom. The minimum absolute atomic E-state index is 0.0813. The summed E-state index contributed by atoms with van der Waals surface area (Å²) in [5.74, 6) is 0. The fourth-order valence-electron chi connectivity index (χ4n) is 1.80. The molecule has 1 atom stereocenters. The van der Waals surface area contributed by atoms with Crippen molar-refractivity contribution in [2.24, 2.45) is 5.73 Å². The average Bonchev–Trinajstić information content (AvgIpc) is 2.38. The van der Waals surface area contributed by atoms with Crippen LogP contribution < -0.4 is 5.73 Å². The van der Waals surface area contributed by atoms with Crippen LogP contribution in [0.5, 0.6) is 0 Å². The number of rotatable bonds is 8. The Morgan fingerprint density at radius 2 is 1.94 bits per heavy atom. The van der Waals surface area contributed by atoms with Crippen molar-refractivity contribution < 1.29 is 4.74 Å². The van der Waals surface area contributed by atoms with Crippen LogP contribution in [0, 0.1) is 0 Å². The molecule has 1 rings (SSSR count). The van der Waals surface area contributed by atoms with Crippen LogP contribution in [0.1, 0.15) is 25.5 Å². The van der Waals surface area contributed by atoms with Crippen LogP contribution in [0.3, 0.4) is 0 Å². The first-order valence-electron chi connectivity index (χ1n) is 6.38. The van der Waals surface area contributed by atoms with Gasteiger partial charge in [0.05, 0.1) is 6.61 Å². The van der Waals surface area contributed by atoms with E-state index in [4.69, 9.17) is 10.5 Å². The Hall–Kier alpha value is -0.900. The first kappa shape index (κ1) is 14.2. The second-order valence-electron chi connectivity index (χ2n) is 4.11. The van der Waals surface area contributed by atoms with Gasteiger partial charge in [0.15, 0.2) is 0 Å². The lowest BCUT2D eigenvalue weighted by molar-refractivity contribution is 0.113. The fourth-order valence-corrected chi connectivity index (χ4v) is 1.80. The minimum Gasteiger partial charge on any atom is -0.380 e. The first-order valence-corrected chi connectivity index (χ1v) is 6.38. The van der Waals surface area contributed by atoms with Crippen LogP contribution in [0.2, 0.25) is 0 Å². The van der Waals surface area contributed by atoms with Crippen LogP contribution in [0.15, 0.2) is 30.3 Å². The molecule has 0 saturated carbocycles. The molecule has 3 heteroatoms. The van der Waals surface area contributed by atoms with Gasteiger partial charge < -0.3 is 10.5 Å². The average molecular weight is 236 g/mol. The van der Waals surface area contributed by atoms with Crippen molar-refractivity contribution in [1.29, 1.82) is 0 Å². The van der Waals surface area contributed by atoms with E-state index in [1.165, 1.54) is 5.56 Å². The Kier molecular flexibility index (Phi) is 6.86. The molecule has 0 saturated heterocycles. The van der Waals surface area contributed by atoms with E-state index in [0.717, 1.165) is 32.8 Å². The summed E-state index contributed by atoms with van der Waals surface area (Å²) in [6, 6.07) is 10.3. The summed E-state index contributed by atoms with van der Waals surface area (Å²) in [6.07, 6.45) is 0. The van der Waals surface area contributed by atoms with Crippen molar-refractivity contribution in [3.8, 4) is 0 Å². The highest BCUT2D eigenvalue weighted by molar-refractivity contribution is 5.18. The number of likely N-dealkylation sites (N-methyl/N-ethyl adjacent to an activating group) is 1. The van der Waals surface area contributed by atoms with Crippen LogP contribution in [0.4, 0.5) is 0 Å². The summed E-state index contributed by atoms with van der Waals surface area (Å²) < 4.78 is 5.37.